The van der Waals surface area contributed by atoms with Crippen LogP contribution in [0, 0.1) is 0 Å². The Hall–Kier alpha value is -1.35. The highest BCUT2D eigenvalue weighted by atomic mass is 15.2. The van der Waals surface area contributed by atoms with Crippen LogP contribution in [0.15, 0.2) is 23.8 Å². The molecule has 2 aliphatic rings. The van der Waals surface area contributed by atoms with E-state index in [0.29, 0.717) is 0 Å². The van der Waals surface area contributed by atoms with Gasteiger partial charge in [0.2, 0.25) is 0 Å². The largest absolute Gasteiger partial charge is 0.352 e. The maximum atomic E-state index is 4.82. The van der Waals surface area contributed by atoms with Gasteiger partial charge in [-0.25, -0.2) is 4.98 Å². The Kier molecular flexibility index (Phi) is 4.06. The summed E-state index contributed by atoms with van der Waals surface area (Å²) in [6.45, 7) is 7.50. The van der Waals surface area contributed by atoms with Gasteiger partial charge in [0.05, 0.1) is 0 Å². The van der Waals surface area contributed by atoms with E-state index in [0.717, 1.165) is 44.3 Å². The highest BCUT2D eigenvalue weighted by Crippen LogP contribution is 2.22. The highest BCUT2D eigenvalue weighted by Gasteiger charge is 2.20. The molecule has 3 heteroatoms. The zero-order valence-corrected chi connectivity index (χ0v) is 12.7. The minimum absolute atomic E-state index is 0.761. The normalized spacial score (nSPS) is 19.1. The molecule has 1 aliphatic carbocycles. The maximum absolute atomic E-state index is 4.82. The van der Waals surface area contributed by atoms with E-state index in [1.165, 1.54) is 29.7 Å². The molecule has 1 fully saturated rings. The molecule has 108 valence electrons. The van der Waals surface area contributed by atoms with Crippen molar-refractivity contribution < 1.29 is 0 Å². The van der Waals surface area contributed by atoms with E-state index < -0.39 is 0 Å². The summed E-state index contributed by atoms with van der Waals surface area (Å²) in [5, 5.41) is 3.61. The topological polar surface area (TPSA) is 28.2 Å². The third-order valence-electron chi connectivity index (χ3n) is 4.12. The Morgan fingerprint density at radius 2 is 2.20 bits per heavy atom. The molecular formula is C17H25N3. The lowest BCUT2D eigenvalue weighted by molar-refractivity contribution is 0.684. The Morgan fingerprint density at radius 3 is 2.90 bits per heavy atom. The van der Waals surface area contributed by atoms with Crippen LogP contribution in [0.2, 0.25) is 0 Å². The van der Waals surface area contributed by atoms with Gasteiger partial charge in [-0.2, -0.15) is 0 Å². The van der Waals surface area contributed by atoms with Crippen LogP contribution < -0.4 is 10.2 Å². The second-order valence-corrected chi connectivity index (χ2v) is 6.09. The number of anilines is 1. The first-order valence-electron chi connectivity index (χ1n) is 7.88. The Morgan fingerprint density at radius 1 is 1.35 bits per heavy atom. The molecule has 0 saturated heterocycles. The molecule has 3 rings (SSSR count). The zero-order chi connectivity index (χ0) is 13.9. The summed E-state index contributed by atoms with van der Waals surface area (Å²) >= 11 is 0. The fourth-order valence-corrected chi connectivity index (χ4v) is 2.73. The first-order chi connectivity index (χ1) is 9.74. The van der Waals surface area contributed by atoms with E-state index in [-0.39, 0.29) is 0 Å². The number of hydrogen-bond acceptors (Lipinski definition) is 3. The second kappa shape index (κ2) is 5.96. The molecule has 1 N–H and O–H groups in total. The number of aromatic nitrogens is 1. The number of nitrogens with one attached hydrogen (secondary N) is 1. The quantitative estimate of drug-likeness (QED) is 0.834. The standard InChI is InChI=1S/C17H25N3/c1-3-15-9-14(11-18-16-6-7-16)10-17(19-15)20-8-4-5-13(2)12-20/h5,9-10,16,18H,3-4,6-8,11-12H2,1-2H3. The van der Waals surface area contributed by atoms with Crippen molar-refractivity contribution >= 4 is 5.82 Å². The molecular weight excluding hydrogens is 246 g/mol. The molecule has 1 aliphatic heterocycles. The summed E-state index contributed by atoms with van der Waals surface area (Å²) in [7, 11) is 0. The summed E-state index contributed by atoms with van der Waals surface area (Å²) < 4.78 is 0. The van der Waals surface area contributed by atoms with Gasteiger partial charge in [0, 0.05) is 31.4 Å². The van der Waals surface area contributed by atoms with Crippen molar-refractivity contribution in [3.05, 3.63) is 35.0 Å². The summed E-state index contributed by atoms with van der Waals surface area (Å²) in [6, 6.07) is 5.29. The fourth-order valence-electron chi connectivity index (χ4n) is 2.73. The summed E-state index contributed by atoms with van der Waals surface area (Å²) in [6.07, 6.45) is 7.17. The third kappa shape index (κ3) is 3.40. The predicted molar refractivity (Wildman–Crippen MR) is 84.1 cm³/mol. The number of pyridine rings is 1. The minimum atomic E-state index is 0.761. The number of nitrogens with zero attached hydrogens (tertiary/aromatic N) is 2. The minimum Gasteiger partial charge on any atom is -0.352 e. The van der Waals surface area contributed by atoms with Gasteiger partial charge in [0.15, 0.2) is 0 Å². The molecule has 0 unspecified atom stereocenters. The van der Waals surface area contributed by atoms with Crippen molar-refractivity contribution in [1.82, 2.24) is 10.3 Å². The molecule has 1 aromatic heterocycles. The zero-order valence-electron chi connectivity index (χ0n) is 12.7. The number of rotatable bonds is 5. The summed E-state index contributed by atoms with van der Waals surface area (Å²) in [5.74, 6) is 1.16. The molecule has 1 aromatic rings. The summed E-state index contributed by atoms with van der Waals surface area (Å²) in [4.78, 5) is 7.24. The lowest BCUT2D eigenvalue weighted by Crippen LogP contribution is -2.30. The van der Waals surface area contributed by atoms with Gasteiger partial charge < -0.3 is 10.2 Å². The van der Waals surface area contributed by atoms with Crippen LogP contribution in [0.5, 0.6) is 0 Å². The van der Waals surface area contributed by atoms with E-state index in [1.54, 1.807) is 0 Å². The molecule has 0 spiro atoms. The van der Waals surface area contributed by atoms with Crippen LogP contribution in [-0.2, 0) is 13.0 Å². The second-order valence-electron chi connectivity index (χ2n) is 6.09. The van der Waals surface area contributed by atoms with Gasteiger partial charge in [-0.3, -0.25) is 0 Å². The Labute approximate surface area is 122 Å². The van der Waals surface area contributed by atoms with Crippen molar-refractivity contribution in [2.75, 3.05) is 18.0 Å². The van der Waals surface area contributed by atoms with Crippen LogP contribution in [0.3, 0.4) is 0 Å². The molecule has 0 amide bonds. The van der Waals surface area contributed by atoms with Crippen molar-refractivity contribution in [1.29, 1.82) is 0 Å². The molecule has 2 heterocycles. The van der Waals surface area contributed by atoms with Crippen molar-refractivity contribution in [2.24, 2.45) is 0 Å². The van der Waals surface area contributed by atoms with Gasteiger partial charge in [-0.1, -0.05) is 18.6 Å². The Balaban J connectivity index is 1.77. The van der Waals surface area contributed by atoms with Gasteiger partial charge in [0.1, 0.15) is 5.82 Å². The van der Waals surface area contributed by atoms with Crippen LogP contribution in [0.4, 0.5) is 5.82 Å². The van der Waals surface area contributed by atoms with Gasteiger partial charge in [0.25, 0.3) is 0 Å². The summed E-state index contributed by atoms with van der Waals surface area (Å²) in [5.41, 5.74) is 4.05. The van der Waals surface area contributed by atoms with E-state index in [9.17, 15) is 0 Å². The van der Waals surface area contributed by atoms with Crippen molar-refractivity contribution in [3.8, 4) is 0 Å². The highest BCUT2D eigenvalue weighted by molar-refractivity contribution is 5.45. The van der Waals surface area contributed by atoms with Crippen LogP contribution >= 0.6 is 0 Å². The van der Waals surface area contributed by atoms with Crippen LogP contribution in [0.25, 0.3) is 0 Å². The van der Waals surface area contributed by atoms with Gasteiger partial charge in [-0.15, -0.1) is 0 Å². The first kappa shape index (κ1) is 13.6. The number of aryl methyl sites for hydroxylation is 1. The maximum Gasteiger partial charge on any atom is 0.129 e. The lowest BCUT2D eigenvalue weighted by atomic mass is 10.1. The molecule has 0 aromatic carbocycles. The molecule has 0 bridgehead atoms. The van der Waals surface area contributed by atoms with Gasteiger partial charge in [-0.05, 0) is 50.3 Å². The smallest absolute Gasteiger partial charge is 0.129 e. The average Bonchev–Trinajstić information content (AvgIpc) is 3.29. The van der Waals surface area contributed by atoms with Crippen LogP contribution in [0.1, 0.15) is 44.4 Å². The molecule has 0 radical (unpaired) electrons. The first-order valence-corrected chi connectivity index (χ1v) is 7.88. The monoisotopic (exact) mass is 271 g/mol. The van der Waals surface area contributed by atoms with Crippen molar-refractivity contribution in [2.45, 2.75) is 52.1 Å². The number of hydrogen-bond donors (Lipinski definition) is 1. The van der Waals surface area contributed by atoms with Crippen molar-refractivity contribution in [3.63, 3.8) is 0 Å². The lowest BCUT2D eigenvalue weighted by Gasteiger charge is -2.28. The molecule has 1 saturated carbocycles. The predicted octanol–water partition coefficient (Wildman–Crippen LogP) is 3.05. The third-order valence-corrected chi connectivity index (χ3v) is 4.12. The van der Waals surface area contributed by atoms with E-state index in [1.807, 2.05) is 0 Å². The van der Waals surface area contributed by atoms with E-state index in [2.05, 4.69) is 42.3 Å². The van der Waals surface area contributed by atoms with Crippen LogP contribution in [-0.4, -0.2) is 24.1 Å². The SMILES string of the molecule is CCc1cc(CNC2CC2)cc(N2CCC=C(C)C2)n1. The average molecular weight is 271 g/mol. The van der Waals surface area contributed by atoms with E-state index in [4.69, 9.17) is 4.98 Å². The molecule has 3 nitrogen and oxygen atoms in total. The molecule has 0 atom stereocenters. The fraction of sp³-hybridized carbons (Fsp3) is 0.588. The Bertz CT molecular complexity index is 503. The van der Waals surface area contributed by atoms with Gasteiger partial charge >= 0.3 is 0 Å². The molecule has 20 heavy (non-hydrogen) atoms. The van der Waals surface area contributed by atoms with E-state index >= 15 is 0 Å².